The molecule has 2 heterocycles. The minimum Gasteiger partial charge on any atom is -0.464 e. The first-order valence-electron chi connectivity index (χ1n) is 4.67. The molecule has 4 nitrogen and oxygen atoms in total. The molecule has 0 fully saturated rings. The van der Waals surface area contributed by atoms with Gasteiger partial charge in [-0.1, -0.05) is 0 Å². The Bertz CT molecular complexity index is 529. The number of H-pyrrole nitrogens is 1. The van der Waals surface area contributed by atoms with Crippen LogP contribution in [0.3, 0.4) is 0 Å². The molecule has 0 saturated carbocycles. The summed E-state index contributed by atoms with van der Waals surface area (Å²) >= 11 is 0. The van der Waals surface area contributed by atoms with E-state index in [0.717, 1.165) is 22.2 Å². The Morgan fingerprint density at radius 3 is 2.87 bits per heavy atom. The lowest BCUT2D eigenvalue weighted by Gasteiger charge is -2.02. The topological polar surface area (TPSA) is 55.0 Å². The molecule has 0 amide bonds. The van der Waals surface area contributed by atoms with Gasteiger partial charge in [0.15, 0.2) is 5.69 Å². The molecule has 4 heteroatoms. The van der Waals surface area contributed by atoms with Gasteiger partial charge in [-0.2, -0.15) is 0 Å². The summed E-state index contributed by atoms with van der Waals surface area (Å²) in [6, 6.07) is 1.71. The Hall–Kier alpha value is -1.84. The normalized spacial score (nSPS) is 10.6. The van der Waals surface area contributed by atoms with Crippen LogP contribution in [0.2, 0.25) is 0 Å². The molecule has 2 aromatic rings. The molecule has 78 valence electrons. The van der Waals surface area contributed by atoms with Crippen molar-refractivity contribution in [2.75, 3.05) is 7.11 Å². The van der Waals surface area contributed by atoms with E-state index in [9.17, 15) is 4.79 Å². The van der Waals surface area contributed by atoms with Crippen molar-refractivity contribution in [2.45, 2.75) is 13.8 Å². The van der Waals surface area contributed by atoms with Crippen LogP contribution in [0.5, 0.6) is 0 Å². The molecule has 0 aliphatic rings. The number of nitrogens with zero attached hydrogens (tertiary/aromatic N) is 1. The number of hydrogen-bond donors (Lipinski definition) is 1. The minimum atomic E-state index is -0.410. The van der Waals surface area contributed by atoms with Gasteiger partial charge in [0.2, 0.25) is 0 Å². The Labute approximate surface area is 87.3 Å². The highest BCUT2D eigenvalue weighted by atomic mass is 16.5. The van der Waals surface area contributed by atoms with Crippen LogP contribution < -0.4 is 0 Å². The number of aryl methyl sites for hydroxylation is 2. The number of hydrogen-bond acceptors (Lipinski definition) is 3. The Morgan fingerprint density at radius 2 is 2.20 bits per heavy atom. The number of ether oxygens (including phenoxy) is 1. The van der Waals surface area contributed by atoms with Crippen LogP contribution in [0.1, 0.15) is 21.7 Å². The number of rotatable bonds is 1. The first-order chi connectivity index (χ1) is 7.13. The smallest absolute Gasteiger partial charge is 0.356 e. The first kappa shape index (κ1) is 9.71. The molecule has 0 bridgehead atoms. The van der Waals surface area contributed by atoms with Gasteiger partial charge in [0, 0.05) is 22.8 Å². The van der Waals surface area contributed by atoms with Gasteiger partial charge in [0.05, 0.1) is 7.11 Å². The van der Waals surface area contributed by atoms with Crippen LogP contribution in [0.4, 0.5) is 0 Å². The van der Waals surface area contributed by atoms with Crippen molar-refractivity contribution in [1.82, 2.24) is 9.97 Å². The summed E-state index contributed by atoms with van der Waals surface area (Å²) in [5, 5.41) is 1.07. The summed E-state index contributed by atoms with van der Waals surface area (Å²) in [6.45, 7) is 3.89. The second-order valence-electron chi connectivity index (χ2n) is 3.48. The van der Waals surface area contributed by atoms with Gasteiger partial charge in [0.1, 0.15) is 0 Å². The number of methoxy groups -OCH3 is 1. The maximum absolute atomic E-state index is 11.3. The molecular formula is C11H12N2O2. The van der Waals surface area contributed by atoms with E-state index in [1.807, 2.05) is 20.0 Å². The molecule has 1 N–H and O–H groups in total. The third-order valence-electron chi connectivity index (χ3n) is 2.43. The Balaban J connectivity index is 2.68. The number of nitrogens with one attached hydrogen (secondary N) is 1. The quantitative estimate of drug-likeness (QED) is 0.722. The zero-order valence-electron chi connectivity index (χ0n) is 8.92. The van der Waals surface area contributed by atoms with Gasteiger partial charge >= 0.3 is 5.97 Å². The molecular weight excluding hydrogens is 192 g/mol. The van der Waals surface area contributed by atoms with Crippen molar-refractivity contribution >= 4 is 16.9 Å². The summed E-state index contributed by atoms with van der Waals surface area (Å²) in [5.74, 6) is -0.410. The highest BCUT2D eigenvalue weighted by Crippen LogP contribution is 2.21. The number of carbonyl (C=O) groups excluding carboxylic acids is 1. The van der Waals surface area contributed by atoms with Crippen molar-refractivity contribution in [2.24, 2.45) is 0 Å². The zero-order chi connectivity index (χ0) is 11.0. The molecule has 0 atom stereocenters. The number of pyridine rings is 1. The summed E-state index contributed by atoms with van der Waals surface area (Å²) in [5.41, 5.74) is 3.22. The van der Waals surface area contributed by atoms with Crippen LogP contribution >= 0.6 is 0 Å². The standard InChI is InChI=1S/C11H12N2O2/c1-6-5-12-8-4-9(11(14)15-3)13-7(2)10(6)8/h4-5,12H,1-3H3. The third kappa shape index (κ3) is 1.48. The predicted molar refractivity (Wildman–Crippen MR) is 56.9 cm³/mol. The van der Waals surface area contributed by atoms with E-state index in [1.165, 1.54) is 7.11 Å². The Morgan fingerprint density at radius 1 is 1.47 bits per heavy atom. The summed E-state index contributed by atoms with van der Waals surface area (Å²) in [4.78, 5) is 18.6. The van der Waals surface area contributed by atoms with Gasteiger partial charge in [-0.25, -0.2) is 9.78 Å². The zero-order valence-corrected chi connectivity index (χ0v) is 8.92. The van der Waals surface area contributed by atoms with E-state index in [1.54, 1.807) is 6.07 Å². The predicted octanol–water partition coefficient (Wildman–Crippen LogP) is 1.97. The molecule has 0 aromatic carbocycles. The van der Waals surface area contributed by atoms with Crippen molar-refractivity contribution in [3.8, 4) is 0 Å². The lowest BCUT2D eigenvalue weighted by Crippen LogP contribution is -2.05. The van der Waals surface area contributed by atoms with Gasteiger partial charge < -0.3 is 9.72 Å². The van der Waals surface area contributed by atoms with Crippen molar-refractivity contribution < 1.29 is 9.53 Å². The maximum atomic E-state index is 11.3. The minimum absolute atomic E-state index is 0.337. The summed E-state index contributed by atoms with van der Waals surface area (Å²) < 4.78 is 4.63. The molecule has 0 aliphatic carbocycles. The Kier molecular flexibility index (Phi) is 2.19. The van der Waals surface area contributed by atoms with Crippen molar-refractivity contribution in [1.29, 1.82) is 0 Å². The fourth-order valence-corrected chi connectivity index (χ4v) is 1.75. The second kappa shape index (κ2) is 3.38. The van der Waals surface area contributed by atoms with E-state index >= 15 is 0 Å². The molecule has 2 aromatic heterocycles. The molecule has 0 saturated heterocycles. The van der Waals surface area contributed by atoms with Gasteiger partial charge in [-0.05, 0) is 25.5 Å². The fraction of sp³-hybridized carbons (Fsp3) is 0.273. The van der Waals surface area contributed by atoms with Crippen LogP contribution in [0.25, 0.3) is 10.9 Å². The fourth-order valence-electron chi connectivity index (χ4n) is 1.75. The van der Waals surface area contributed by atoms with Gasteiger partial charge in [0.25, 0.3) is 0 Å². The molecule has 0 radical (unpaired) electrons. The lowest BCUT2D eigenvalue weighted by molar-refractivity contribution is 0.0594. The monoisotopic (exact) mass is 204 g/mol. The number of aromatic amines is 1. The van der Waals surface area contributed by atoms with E-state index in [0.29, 0.717) is 5.69 Å². The van der Waals surface area contributed by atoms with E-state index in [-0.39, 0.29) is 0 Å². The van der Waals surface area contributed by atoms with Crippen LogP contribution in [0.15, 0.2) is 12.3 Å². The molecule has 2 rings (SSSR count). The average molecular weight is 204 g/mol. The highest BCUT2D eigenvalue weighted by Gasteiger charge is 2.12. The van der Waals surface area contributed by atoms with Crippen LogP contribution in [-0.4, -0.2) is 23.0 Å². The number of esters is 1. The van der Waals surface area contributed by atoms with Gasteiger partial charge in [-0.3, -0.25) is 0 Å². The third-order valence-corrected chi connectivity index (χ3v) is 2.43. The molecule has 0 aliphatic heterocycles. The lowest BCUT2D eigenvalue weighted by atomic mass is 10.1. The number of aromatic nitrogens is 2. The molecule has 0 unspecified atom stereocenters. The van der Waals surface area contributed by atoms with Gasteiger partial charge in [-0.15, -0.1) is 0 Å². The second-order valence-corrected chi connectivity index (χ2v) is 3.48. The summed E-state index contributed by atoms with van der Waals surface area (Å²) in [7, 11) is 1.35. The number of fused-ring (bicyclic) bond motifs is 1. The van der Waals surface area contributed by atoms with Crippen molar-refractivity contribution in [3.05, 3.63) is 29.2 Å². The summed E-state index contributed by atoms with van der Waals surface area (Å²) in [6.07, 6.45) is 1.90. The molecule has 0 spiro atoms. The van der Waals surface area contributed by atoms with E-state index in [4.69, 9.17) is 0 Å². The average Bonchev–Trinajstić information content (AvgIpc) is 2.59. The van der Waals surface area contributed by atoms with Crippen LogP contribution in [0, 0.1) is 13.8 Å². The van der Waals surface area contributed by atoms with Crippen LogP contribution in [-0.2, 0) is 4.74 Å². The first-order valence-corrected chi connectivity index (χ1v) is 4.67. The largest absolute Gasteiger partial charge is 0.464 e. The van der Waals surface area contributed by atoms with E-state index < -0.39 is 5.97 Å². The van der Waals surface area contributed by atoms with E-state index in [2.05, 4.69) is 14.7 Å². The SMILES string of the molecule is COC(=O)c1cc2[nH]cc(C)c2c(C)n1. The number of carbonyl (C=O) groups is 1. The maximum Gasteiger partial charge on any atom is 0.356 e. The molecule has 15 heavy (non-hydrogen) atoms. The highest BCUT2D eigenvalue weighted by molar-refractivity contribution is 5.94. The van der Waals surface area contributed by atoms with Crippen molar-refractivity contribution in [3.63, 3.8) is 0 Å².